The number of carbonyl (C=O) groups is 1. The molecule has 6 nitrogen and oxygen atoms in total. The Labute approximate surface area is 164 Å². The normalized spacial score (nSPS) is 15.7. The quantitative estimate of drug-likeness (QED) is 0.761. The van der Waals surface area contributed by atoms with Gasteiger partial charge in [0.1, 0.15) is 5.15 Å². The van der Waals surface area contributed by atoms with Gasteiger partial charge in [-0.05, 0) is 49.2 Å². The van der Waals surface area contributed by atoms with Crippen LogP contribution in [0.5, 0.6) is 0 Å². The molecule has 1 aromatic carbocycles. The third-order valence-corrected chi connectivity index (χ3v) is 7.11. The van der Waals surface area contributed by atoms with Gasteiger partial charge in [0.25, 0.3) is 5.91 Å². The lowest BCUT2D eigenvalue weighted by atomic mass is 9.96. The van der Waals surface area contributed by atoms with Crippen LogP contribution in [0.4, 0.5) is 5.69 Å². The Balaban J connectivity index is 1.72. The Kier molecular flexibility index (Phi) is 6.14. The van der Waals surface area contributed by atoms with E-state index in [0.29, 0.717) is 5.69 Å². The van der Waals surface area contributed by atoms with Crippen molar-refractivity contribution in [3.63, 3.8) is 0 Å². The van der Waals surface area contributed by atoms with E-state index in [1.54, 1.807) is 31.3 Å². The van der Waals surface area contributed by atoms with Crippen LogP contribution in [0.15, 0.2) is 47.5 Å². The summed E-state index contributed by atoms with van der Waals surface area (Å²) in [4.78, 5) is 16.4. The van der Waals surface area contributed by atoms with E-state index in [4.69, 9.17) is 11.6 Å². The van der Waals surface area contributed by atoms with Crippen LogP contribution in [0, 0.1) is 0 Å². The van der Waals surface area contributed by atoms with Crippen molar-refractivity contribution in [1.29, 1.82) is 0 Å². The number of anilines is 1. The molecule has 1 aliphatic carbocycles. The van der Waals surface area contributed by atoms with Crippen molar-refractivity contribution in [2.24, 2.45) is 0 Å². The molecule has 1 aliphatic rings. The van der Waals surface area contributed by atoms with Gasteiger partial charge in [0, 0.05) is 25.0 Å². The maximum Gasteiger partial charge on any atom is 0.258 e. The van der Waals surface area contributed by atoms with E-state index < -0.39 is 15.9 Å². The number of aromatic nitrogens is 1. The number of pyridine rings is 1. The van der Waals surface area contributed by atoms with E-state index in [1.165, 1.54) is 29.1 Å². The summed E-state index contributed by atoms with van der Waals surface area (Å²) in [6.07, 6.45) is 6.59. The molecule has 0 bridgehead atoms. The van der Waals surface area contributed by atoms with Crippen LogP contribution in [0.2, 0.25) is 5.15 Å². The zero-order chi connectivity index (χ0) is 19.4. The van der Waals surface area contributed by atoms with Gasteiger partial charge < -0.3 is 5.32 Å². The monoisotopic (exact) mass is 407 g/mol. The molecule has 1 heterocycles. The number of nitrogens with one attached hydrogen (secondary N) is 1. The molecule has 1 aromatic heterocycles. The number of amides is 1. The predicted molar refractivity (Wildman–Crippen MR) is 105 cm³/mol. The third-order valence-electron chi connectivity index (χ3n) is 4.88. The Bertz CT molecular complexity index is 910. The number of hydrogen-bond donors (Lipinski definition) is 1. The zero-order valence-corrected chi connectivity index (χ0v) is 16.6. The second-order valence-corrected chi connectivity index (χ2v) is 8.99. The molecule has 1 amide bonds. The highest BCUT2D eigenvalue weighted by molar-refractivity contribution is 7.89. The lowest BCUT2D eigenvalue weighted by Gasteiger charge is -2.30. The number of carbonyl (C=O) groups excluding carboxylic acids is 1. The molecule has 144 valence electrons. The van der Waals surface area contributed by atoms with Crippen LogP contribution in [-0.2, 0) is 10.0 Å². The van der Waals surface area contributed by atoms with Gasteiger partial charge in [-0.2, -0.15) is 4.31 Å². The molecule has 0 spiro atoms. The topological polar surface area (TPSA) is 79.4 Å². The summed E-state index contributed by atoms with van der Waals surface area (Å²) in [5.74, 6) is -0.400. The zero-order valence-electron chi connectivity index (χ0n) is 15.1. The molecular weight excluding hydrogens is 386 g/mol. The van der Waals surface area contributed by atoms with Crippen molar-refractivity contribution in [3.05, 3.63) is 53.3 Å². The van der Waals surface area contributed by atoms with Crippen molar-refractivity contribution in [3.8, 4) is 0 Å². The molecular formula is C19H22ClN3O3S. The predicted octanol–water partition coefficient (Wildman–Crippen LogP) is 3.94. The molecule has 27 heavy (non-hydrogen) atoms. The first-order chi connectivity index (χ1) is 12.9. The Morgan fingerprint density at radius 1 is 1.15 bits per heavy atom. The van der Waals surface area contributed by atoms with Gasteiger partial charge >= 0.3 is 0 Å². The highest BCUT2D eigenvalue weighted by Crippen LogP contribution is 2.27. The summed E-state index contributed by atoms with van der Waals surface area (Å²) in [5.41, 5.74) is 0.743. The third kappa shape index (κ3) is 4.48. The maximum absolute atomic E-state index is 12.8. The molecule has 0 saturated heterocycles. The first-order valence-electron chi connectivity index (χ1n) is 8.89. The van der Waals surface area contributed by atoms with Crippen LogP contribution in [0.3, 0.4) is 0 Å². The standard InChI is InChI=1S/C19H22ClN3O3S/c1-23(15-6-3-2-4-7-15)27(25,26)16-11-9-14(10-12-16)22-19(24)17-8-5-13-21-18(17)20/h5,8-13,15H,2-4,6-7H2,1H3,(H,22,24). The fraction of sp³-hybridized carbons (Fsp3) is 0.368. The van der Waals surface area contributed by atoms with Gasteiger partial charge in [0.15, 0.2) is 0 Å². The van der Waals surface area contributed by atoms with Crippen molar-refractivity contribution >= 4 is 33.2 Å². The first kappa shape index (κ1) is 19.8. The average Bonchev–Trinajstić information content (AvgIpc) is 2.68. The summed E-state index contributed by atoms with van der Waals surface area (Å²) >= 11 is 5.92. The maximum atomic E-state index is 12.8. The van der Waals surface area contributed by atoms with Crippen molar-refractivity contribution < 1.29 is 13.2 Å². The Morgan fingerprint density at radius 2 is 1.81 bits per heavy atom. The highest BCUT2D eigenvalue weighted by atomic mass is 35.5. The van der Waals surface area contributed by atoms with E-state index in [-0.39, 0.29) is 21.7 Å². The minimum atomic E-state index is -3.55. The Hall–Kier alpha value is -1.96. The minimum absolute atomic E-state index is 0.0517. The van der Waals surface area contributed by atoms with Gasteiger partial charge in [0.05, 0.1) is 10.5 Å². The van der Waals surface area contributed by atoms with Crippen LogP contribution >= 0.6 is 11.6 Å². The molecule has 1 fully saturated rings. The number of nitrogens with zero attached hydrogens (tertiary/aromatic N) is 2. The molecule has 1 saturated carbocycles. The summed E-state index contributed by atoms with van der Waals surface area (Å²) in [6, 6.07) is 9.41. The Morgan fingerprint density at radius 3 is 2.44 bits per heavy atom. The number of hydrogen-bond acceptors (Lipinski definition) is 4. The van der Waals surface area contributed by atoms with Gasteiger partial charge in [0.2, 0.25) is 10.0 Å². The molecule has 3 rings (SSSR count). The number of rotatable bonds is 5. The van der Waals surface area contributed by atoms with Crippen LogP contribution in [-0.4, -0.2) is 36.7 Å². The van der Waals surface area contributed by atoms with Crippen molar-refractivity contribution in [1.82, 2.24) is 9.29 Å². The van der Waals surface area contributed by atoms with Gasteiger partial charge in [-0.3, -0.25) is 4.79 Å². The number of benzene rings is 1. The summed E-state index contributed by atoms with van der Waals surface area (Å²) in [7, 11) is -1.91. The molecule has 8 heteroatoms. The van der Waals surface area contributed by atoms with Crippen molar-refractivity contribution in [2.75, 3.05) is 12.4 Å². The summed E-state index contributed by atoms with van der Waals surface area (Å²) < 4.78 is 27.2. The minimum Gasteiger partial charge on any atom is -0.322 e. The van der Waals surface area contributed by atoms with Gasteiger partial charge in [-0.25, -0.2) is 13.4 Å². The molecule has 0 aliphatic heterocycles. The molecule has 1 N–H and O–H groups in total. The van der Waals surface area contributed by atoms with Crippen LogP contribution in [0.25, 0.3) is 0 Å². The van der Waals surface area contributed by atoms with Gasteiger partial charge in [-0.1, -0.05) is 30.9 Å². The number of sulfonamides is 1. The SMILES string of the molecule is CN(C1CCCCC1)S(=O)(=O)c1ccc(NC(=O)c2cccnc2Cl)cc1. The fourth-order valence-corrected chi connectivity index (χ4v) is 4.89. The second-order valence-electron chi connectivity index (χ2n) is 6.63. The second kappa shape index (κ2) is 8.37. The lowest BCUT2D eigenvalue weighted by Crippen LogP contribution is -2.38. The van der Waals surface area contributed by atoms with E-state index in [1.807, 2.05) is 0 Å². The molecule has 0 atom stereocenters. The largest absolute Gasteiger partial charge is 0.322 e. The van der Waals surface area contributed by atoms with E-state index in [9.17, 15) is 13.2 Å². The highest BCUT2D eigenvalue weighted by Gasteiger charge is 2.28. The van der Waals surface area contributed by atoms with E-state index in [0.717, 1.165) is 25.7 Å². The fourth-order valence-electron chi connectivity index (χ4n) is 3.27. The summed E-state index contributed by atoms with van der Waals surface area (Å²) in [5, 5.41) is 2.81. The lowest BCUT2D eigenvalue weighted by molar-refractivity contribution is 0.102. The smallest absolute Gasteiger partial charge is 0.258 e. The molecule has 2 aromatic rings. The van der Waals surface area contributed by atoms with E-state index in [2.05, 4.69) is 10.3 Å². The average molecular weight is 408 g/mol. The summed E-state index contributed by atoms with van der Waals surface area (Å²) in [6.45, 7) is 0. The molecule has 0 unspecified atom stereocenters. The molecule has 0 radical (unpaired) electrons. The van der Waals surface area contributed by atoms with Crippen LogP contribution in [0.1, 0.15) is 42.5 Å². The van der Waals surface area contributed by atoms with E-state index >= 15 is 0 Å². The first-order valence-corrected chi connectivity index (χ1v) is 10.7. The van der Waals surface area contributed by atoms with Crippen LogP contribution < -0.4 is 5.32 Å². The number of halogens is 1. The van der Waals surface area contributed by atoms with Gasteiger partial charge in [-0.15, -0.1) is 0 Å². The van der Waals surface area contributed by atoms with Crippen molar-refractivity contribution in [2.45, 2.75) is 43.0 Å².